The van der Waals surface area contributed by atoms with Crippen LogP contribution in [0.3, 0.4) is 0 Å². The standard InChI is InChI=1S/C11H9NO4/c1-7(5-8-3-2-4-15-8)9-6-10(11(13)14)16-12-9/h2-6H,1H3,(H,13,14)/b7-5+. The summed E-state index contributed by atoms with van der Waals surface area (Å²) in [6, 6.07) is 4.93. The molecule has 0 aromatic carbocycles. The van der Waals surface area contributed by atoms with Gasteiger partial charge >= 0.3 is 5.97 Å². The SMILES string of the molecule is C/C(=C\c1ccco1)c1cc(C(=O)O)on1. The molecule has 0 aliphatic rings. The quantitative estimate of drug-likeness (QED) is 0.858. The fourth-order valence-corrected chi connectivity index (χ4v) is 1.22. The molecule has 0 radical (unpaired) electrons. The highest BCUT2D eigenvalue weighted by atomic mass is 16.5. The molecule has 0 atom stereocenters. The lowest BCUT2D eigenvalue weighted by atomic mass is 10.2. The molecule has 2 heterocycles. The lowest BCUT2D eigenvalue weighted by Gasteiger charge is -1.91. The van der Waals surface area contributed by atoms with Gasteiger partial charge in [0.05, 0.1) is 6.26 Å². The minimum Gasteiger partial charge on any atom is -0.475 e. The molecule has 0 fully saturated rings. The number of aromatic carboxylic acids is 1. The van der Waals surface area contributed by atoms with Crippen molar-refractivity contribution in [1.29, 1.82) is 0 Å². The Morgan fingerprint density at radius 3 is 2.94 bits per heavy atom. The summed E-state index contributed by atoms with van der Waals surface area (Å²) in [5.41, 5.74) is 1.25. The van der Waals surface area contributed by atoms with E-state index in [1.165, 1.54) is 6.07 Å². The molecule has 0 saturated carbocycles. The molecular weight excluding hydrogens is 210 g/mol. The number of hydrogen-bond acceptors (Lipinski definition) is 4. The zero-order chi connectivity index (χ0) is 11.5. The first kappa shape index (κ1) is 10.2. The van der Waals surface area contributed by atoms with Gasteiger partial charge < -0.3 is 14.0 Å². The van der Waals surface area contributed by atoms with Gasteiger partial charge in [-0.2, -0.15) is 0 Å². The van der Waals surface area contributed by atoms with E-state index in [4.69, 9.17) is 9.52 Å². The van der Waals surface area contributed by atoms with Gasteiger partial charge in [0.2, 0.25) is 5.76 Å². The Kier molecular flexibility index (Phi) is 2.59. The molecule has 2 aromatic rings. The maximum absolute atomic E-state index is 10.6. The van der Waals surface area contributed by atoms with E-state index in [9.17, 15) is 4.79 Å². The van der Waals surface area contributed by atoms with E-state index < -0.39 is 5.97 Å². The molecule has 1 N–H and O–H groups in total. The Morgan fingerprint density at radius 1 is 1.56 bits per heavy atom. The molecule has 0 amide bonds. The minimum atomic E-state index is -1.13. The number of aromatic nitrogens is 1. The fourth-order valence-electron chi connectivity index (χ4n) is 1.22. The van der Waals surface area contributed by atoms with Crippen molar-refractivity contribution >= 4 is 17.6 Å². The second-order valence-corrected chi connectivity index (χ2v) is 3.22. The Hall–Kier alpha value is -2.30. The molecule has 0 saturated heterocycles. The maximum atomic E-state index is 10.6. The van der Waals surface area contributed by atoms with Gasteiger partial charge in [-0.05, 0) is 30.7 Å². The van der Waals surface area contributed by atoms with Crippen LogP contribution < -0.4 is 0 Å². The number of carboxylic acid groups (broad SMARTS) is 1. The van der Waals surface area contributed by atoms with Crippen LogP contribution >= 0.6 is 0 Å². The Balaban J connectivity index is 2.27. The smallest absolute Gasteiger partial charge is 0.374 e. The van der Waals surface area contributed by atoms with E-state index in [0.717, 1.165) is 5.57 Å². The molecule has 0 spiro atoms. The van der Waals surface area contributed by atoms with Crippen LogP contribution in [0.15, 0.2) is 33.4 Å². The van der Waals surface area contributed by atoms with Gasteiger partial charge in [-0.25, -0.2) is 4.79 Å². The average molecular weight is 219 g/mol. The number of hydrogen-bond donors (Lipinski definition) is 1. The molecule has 0 bridgehead atoms. The number of nitrogens with zero attached hydrogens (tertiary/aromatic N) is 1. The highest BCUT2D eigenvalue weighted by Gasteiger charge is 2.11. The first-order chi connectivity index (χ1) is 7.66. The number of carbonyl (C=O) groups is 1. The number of carboxylic acids is 1. The summed E-state index contributed by atoms with van der Waals surface area (Å²) in [6.07, 6.45) is 3.31. The van der Waals surface area contributed by atoms with Crippen LogP contribution in [0.1, 0.15) is 28.9 Å². The summed E-state index contributed by atoms with van der Waals surface area (Å²) in [5.74, 6) is -0.635. The molecule has 0 unspecified atom stereocenters. The zero-order valence-electron chi connectivity index (χ0n) is 8.51. The number of furan rings is 1. The highest BCUT2D eigenvalue weighted by Crippen LogP contribution is 2.17. The molecule has 16 heavy (non-hydrogen) atoms. The van der Waals surface area contributed by atoms with Crippen molar-refractivity contribution < 1.29 is 18.8 Å². The second kappa shape index (κ2) is 4.06. The minimum absolute atomic E-state index is 0.179. The summed E-state index contributed by atoms with van der Waals surface area (Å²) in [7, 11) is 0. The van der Waals surface area contributed by atoms with Crippen LogP contribution in [0.5, 0.6) is 0 Å². The third-order valence-electron chi connectivity index (χ3n) is 2.03. The molecule has 2 rings (SSSR count). The molecule has 0 aliphatic heterocycles. The lowest BCUT2D eigenvalue weighted by Crippen LogP contribution is -1.91. The van der Waals surface area contributed by atoms with E-state index in [-0.39, 0.29) is 5.76 Å². The monoisotopic (exact) mass is 219 g/mol. The topological polar surface area (TPSA) is 76.5 Å². The van der Waals surface area contributed by atoms with Gasteiger partial charge in [0.25, 0.3) is 0 Å². The van der Waals surface area contributed by atoms with E-state index in [0.29, 0.717) is 11.5 Å². The largest absolute Gasteiger partial charge is 0.475 e. The van der Waals surface area contributed by atoms with E-state index in [2.05, 4.69) is 9.68 Å². The Morgan fingerprint density at radius 2 is 2.38 bits per heavy atom. The predicted molar refractivity (Wildman–Crippen MR) is 55.7 cm³/mol. The Labute approximate surface area is 91.0 Å². The summed E-state index contributed by atoms with van der Waals surface area (Å²) >= 11 is 0. The van der Waals surface area contributed by atoms with Crippen LogP contribution in [-0.2, 0) is 0 Å². The molecule has 0 aliphatic carbocycles. The van der Waals surface area contributed by atoms with Crippen molar-refractivity contribution in [2.45, 2.75) is 6.92 Å². The van der Waals surface area contributed by atoms with Crippen LogP contribution in [-0.4, -0.2) is 16.2 Å². The van der Waals surface area contributed by atoms with E-state index >= 15 is 0 Å². The number of allylic oxidation sites excluding steroid dienone is 1. The second-order valence-electron chi connectivity index (χ2n) is 3.22. The van der Waals surface area contributed by atoms with Crippen molar-refractivity contribution in [3.05, 3.63) is 41.7 Å². The Bertz CT molecular complexity index is 522. The maximum Gasteiger partial charge on any atom is 0.374 e. The van der Waals surface area contributed by atoms with Gasteiger partial charge in [-0.1, -0.05) is 5.16 Å². The molecule has 5 nitrogen and oxygen atoms in total. The van der Waals surface area contributed by atoms with Gasteiger partial charge in [0, 0.05) is 6.07 Å². The normalized spacial score (nSPS) is 11.7. The lowest BCUT2D eigenvalue weighted by molar-refractivity contribution is 0.0652. The van der Waals surface area contributed by atoms with Gasteiger partial charge in [-0.3, -0.25) is 0 Å². The zero-order valence-corrected chi connectivity index (χ0v) is 8.51. The summed E-state index contributed by atoms with van der Waals surface area (Å²) in [5, 5.41) is 12.3. The average Bonchev–Trinajstić information content (AvgIpc) is 2.86. The van der Waals surface area contributed by atoms with Crippen molar-refractivity contribution in [3.63, 3.8) is 0 Å². The van der Waals surface area contributed by atoms with Crippen LogP contribution in [0.2, 0.25) is 0 Å². The molecular formula is C11H9NO4. The summed E-state index contributed by atoms with van der Waals surface area (Å²) < 4.78 is 9.77. The van der Waals surface area contributed by atoms with Crippen molar-refractivity contribution in [1.82, 2.24) is 5.16 Å². The van der Waals surface area contributed by atoms with E-state index in [1.54, 1.807) is 31.4 Å². The van der Waals surface area contributed by atoms with Gasteiger partial charge in [0.1, 0.15) is 11.5 Å². The van der Waals surface area contributed by atoms with Gasteiger partial charge in [0.15, 0.2) is 0 Å². The van der Waals surface area contributed by atoms with Crippen molar-refractivity contribution in [2.75, 3.05) is 0 Å². The molecule has 2 aromatic heterocycles. The van der Waals surface area contributed by atoms with E-state index in [1.807, 2.05) is 0 Å². The van der Waals surface area contributed by atoms with Crippen LogP contribution in [0.25, 0.3) is 11.6 Å². The number of rotatable bonds is 3. The van der Waals surface area contributed by atoms with Crippen molar-refractivity contribution in [2.24, 2.45) is 0 Å². The van der Waals surface area contributed by atoms with Crippen LogP contribution in [0, 0.1) is 0 Å². The van der Waals surface area contributed by atoms with Gasteiger partial charge in [-0.15, -0.1) is 0 Å². The first-order valence-corrected chi connectivity index (χ1v) is 4.59. The molecule has 82 valence electrons. The molecule has 5 heteroatoms. The van der Waals surface area contributed by atoms with Crippen molar-refractivity contribution in [3.8, 4) is 0 Å². The third kappa shape index (κ3) is 2.03. The fraction of sp³-hybridized carbons (Fsp3) is 0.0909. The summed E-state index contributed by atoms with van der Waals surface area (Å²) in [4.78, 5) is 10.6. The highest BCUT2D eigenvalue weighted by molar-refractivity contribution is 5.86. The van der Waals surface area contributed by atoms with Crippen LogP contribution in [0.4, 0.5) is 0 Å². The first-order valence-electron chi connectivity index (χ1n) is 4.59. The third-order valence-corrected chi connectivity index (χ3v) is 2.03. The predicted octanol–water partition coefficient (Wildman–Crippen LogP) is 2.53. The summed E-state index contributed by atoms with van der Waals surface area (Å²) in [6.45, 7) is 1.80.